The van der Waals surface area contributed by atoms with E-state index in [1.54, 1.807) is 0 Å². The average Bonchev–Trinajstić information content (AvgIpc) is 3.46. The molecule has 0 atom stereocenters. The second-order valence-corrected chi connectivity index (χ2v) is 22.0. The maximum atomic E-state index is 4.71. The maximum absolute atomic E-state index is 4.71. The third-order valence-electron chi connectivity index (χ3n) is 8.77. The summed E-state index contributed by atoms with van der Waals surface area (Å²) in [6, 6.07) is 43.0. The van der Waals surface area contributed by atoms with Crippen molar-refractivity contribution in [2.75, 3.05) is 0 Å². The molecular weight excluding hydrogens is 833 g/mol. The first kappa shape index (κ1) is 38.5. The summed E-state index contributed by atoms with van der Waals surface area (Å²) in [5.74, 6) is 0.630. The molecule has 263 valence electrons. The Labute approximate surface area is 323 Å². The maximum Gasteiger partial charge on any atom is 0.0798 e. The van der Waals surface area contributed by atoms with Gasteiger partial charge in [0, 0.05) is 37.2 Å². The molecule has 0 aliphatic carbocycles. The number of hydrogen-bond acceptors (Lipinski definition) is 3. The number of benzene rings is 4. The predicted molar refractivity (Wildman–Crippen MR) is 220 cm³/mol. The van der Waals surface area contributed by atoms with Gasteiger partial charge in [0.05, 0.1) is 8.07 Å². The molecular formula is C46H48IrN2SSi-2. The molecule has 0 saturated heterocycles. The molecule has 51 heavy (non-hydrogen) atoms. The Hall–Kier alpha value is -3.73. The van der Waals surface area contributed by atoms with Crippen LogP contribution in [-0.4, -0.2) is 18.0 Å². The first-order valence-corrected chi connectivity index (χ1v) is 22.0. The first-order chi connectivity index (χ1) is 23.9. The number of nitrogens with zero attached hydrogens (tertiary/aromatic N) is 2. The van der Waals surface area contributed by atoms with E-state index in [2.05, 4.69) is 156 Å². The molecule has 7 aromatic rings. The zero-order chi connectivity index (χ0) is 35.5. The summed E-state index contributed by atoms with van der Waals surface area (Å²) in [6.45, 7) is 18.6. The molecule has 5 heteroatoms. The van der Waals surface area contributed by atoms with Crippen molar-refractivity contribution in [3.05, 3.63) is 139 Å². The third kappa shape index (κ3) is 9.58. The number of fused-ring (bicyclic) bond motifs is 3. The van der Waals surface area contributed by atoms with Crippen molar-refractivity contribution in [2.24, 2.45) is 11.3 Å². The van der Waals surface area contributed by atoms with Crippen LogP contribution in [0.2, 0.25) is 19.6 Å². The molecule has 3 heterocycles. The molecule has 3 aromatic heterocycles. The Morgan fingerprint density at radius 1 is 0.745 bits per heavy atom. The van der Waals surface area contributed by atoms with Gasteiger partial charge in [0.15, 0.2) is 0 Å². The van der Waals surface area contributed by atoms with E-state index < -0.39 is 8.07 Å². The Morgan fingerprint density at radius 2 is 1.51 bits per heavy atom. The van der Waals surface area contributed by atoms with Crippen LogP contribution in [0.15, 0.2) is 116 Å². The third-order valence-corrected chi connectivity index (χ3v) is 12.0. The molecule has 7 rings (SSSR count). The number of rotatable bonds is 7. The van der Waals surface area contributed by atoms with E-state index in [4.69, 9.17) is 4.98 Å². The standard InChI is InChI=1S/C27H22NS.C19H26NSi.Ir/c1-18(2)15-19-13-14-28-25(16-19)24-10-6-9-23-22-12-11-21(17-26(22)29-27(23)24)20-7-4-3-5-8-20;1-19(2,3)13-16-12-17(15-10-8-7-9-11-15)20-14-18(16)21(4,5)6;/h3-9,11-14,16-18H,15H2,1-2H3;7-10,12,14H,13H2,1-6H3;/q2*-1;. The van der Waals surface area contributed by atoms with Crippen LogP contribution >= 0.6 is 11.3 Å². The van der Waals surface area contributed by atoms with Crippen molar-refractivity contribution in [3.63, 3.8) is 0 Å². The molecule has 0 aliphatic rings. The molecule has 1 radical (unpaired) electrons. The van der Waals surface area contributed by atoms with Crippen molar-refractivity contribution in [1.82, 2.24) is 9.97 Å². The van der Waals surface area contributed by atoms with Gasteiger partial charge < -0.3 is 9.97 Å². The molecule has 0 aliphatic heterocycles. The van der Waals surface area contributed by atoms with E-state index in [0.717, 1.165) is 35.4 Å². The summed E-state index contributed by atoms with van der Waals surface area (Å²) in [4.78, 5) is 9.39. The largest absolute Gasteiger partial charge is 0.305 e. The number of pyridine rings is 2. The van der Waals surface area contributed by atoms with Crippen molar-refractivity contribution in [3.8, 4) is 33.6 Å². The van der Waals surface area contributed by atoms with Crippen LogP contribution in [0.5, 0.6) is 0 Å². The van der Waals surface area contributed by atoms with Crippen LogP contribution in [0.4, 0.5) is 0 Å². The van der Waals surface area contributed by atoms with E-state index >= 15 is 0 Å². The summed E-state index contributed by atoms with van der Waals surface area (Å²) in [5.41, 5.74) is 9.83. The quantitative estimate of drug-likeness (QED) is 0.118. The molecule has 2 nitrogen and oxygen atoms in total. The molecule has 0 N–H and O–H groups in total. The van der Waals surface area contributed by atoms with Gasteiger partial charge in [0.25, 0.3) is 0 Å². The molecule has 0 fully saturated rings. The predicted octanol–water partition coefficient (Wildman–Crippen LogP) is 12.5. The van der Waals surface area contributed by atoms with E-state index in [9.17, 15) is 0 Å². The smallest absolute Gasteiger partial charge is 0.0798 e. The van der Waals surface area contributed by atoms with Crippen LogP contribution in [-0.2, 0) is 32.9 Å². The zero-order valence-electron chi connectivity index (χ0n) is 31.1. The van der Waals surface area contributed by atoms with E-state index in [1.807, 2.05) is 41.8 Å². The Kier molecular flexibility index (Phi) is 12.3. The minimum absolute atomic E-state index is 0. The number of aromatic nitrogens is 2. The summed E-state index contributed by atoms with van der Waals surface area (Å²) < 4.78 is 2.57. The van der Waals surface area contributed by atoms with Gasteiger partial charge in [-0.05, 0) is 74.1 Å². The SMILES string of the molecule is CC(C)(C)Cc1cc(-c2[c-]cccc2)ncc1[Si](C)(C)C.CC(C)Cc1ccnc(-c2[c-]ccc3c2sc2cc(-c4ccccc4)ccc23)c1.[Ir]. The fourth-order valence-corrected chi connectivity index (χ4v) is 9.36. The van der Waals surface area contributed by atoms with Gasteiger partial charge in [0.1, 0.15) is 0 Å². The van der Waals surface area contributed by atoms with Crippen LogP contribution in [0.1, 0.15) is 45.7 Å². The van der Waals surface area contributed by atoms with Gasteiger partial charge >= 0.3 is 0 Å². The van der Waals surface area contributed by atoms with Gasteiger partial charge in [-0.1, -0.05) is 125 Å². The molecule has 4 aromatic carbocycles. The molecule has 0 amide bonds. The Balaban J connectivity index is 0.000000205. The summed E-state index contributed by atoms with van der Waals surface area (Å²) in [6.07, 6.45) is 6.21. The molecule has 0 bridgehead atoms. The van der Waals surface area contributed by atoms with Crippen molar-refractivity contribution >= 4 is 44.8 Å². The van der Waals surface area contributed by atoms with Crippen LogP contribution in [0.3, 0.4) is 0 Å². The van der Waals surface area contributed by atoms with Gasteiger partial charge in [-0.25, -0.2) is 0 Å². The topological polar surface area (TPSA) is 25.8 Å². The second-order valence-electron chi connectivity index (χ2n) is 15.9. The van der Waals surface area contributed by atoms with Crippen LogP contribution in [0, 0.1) is 23.5 Å². The van der Waals surface area contributed by atoms with E-state index in [-0.39, 0.29) is 25.5 Å². The fraction of sp³-hybridized carbons (Fsp3) is 0.261. The number of thiophene rings is 1. The van der Waals surface area contributed by atoms with Gasteiger partial charge in [-0.3, -0.25) is 0 Å². The first-order valence-electron chi connectivity index (χ1n) is 17.7. The monoisotopic (exact) mass is 881 g/mol. The average molecular weight is 881 g/mol. The Bertz CT molecular complexity index is 2210. The molecule has 0 saturated carbocycles. The number of hydrogen-bond donors (Lipinski definition) is 0. The van der Waals surface area contributed by atoms with E-state index in [1.165, 1.54) is 47.6 Å². The summed E-state index contributed by atoms with van der Waals surface area (Å²) in [7, 11) is -1.37. The normalized spacial score (nSPS) is 11.7. The molecule has 0 unspecified atom stereocenters. The van der Waals surface area contributed by atoms with Gasteiger partial charge in [-0.2, -0.15) is 11.3 Å². The van der Waals surface area contributed by atoms with Crippen molar-refractivity contribution < 1.29 is 20.1 Å². The Morgan fingerprint density at radius 3 is 2.20 bits per heavy atom. The van der Waals surface area contributed by atoms with Crippen LogP contribution in [0.25, 0.3) is 53.8 Å². The summed E-state index contributed by atoms with van der Waals surface area (Å²) in [5, 5.41) is 4.07. The van der Waals surface area contributed by atoms with Crippen molar-refractivity contribution in [1.29, 1.82) is 0 Å². The second kappa shape index (κ2) is 16.3. The molecule has 0 spiro atoms. The zero-order valence-corrected chi connectivity index (χ0v) is 35.3. The van der Waals surface area contributed by atoms with Crippen molar-refractivity contribution in [2.45, 2.75) is 67.1 Å². The minimum atomic E-state index is -1.37. The summed E-state index contributed by atoms with van der Waals surface area (Å²) >= 11 is 1.84. The fourth-order valence-electron chi connectivity index (χ4n) is 6.54. The van der Waals surface area contributed by atoms with Gasteiger partial charge in [0.2, 0.25) is 0 Å². The van der Waals surface area contributed by atoms with Gasteiger partial charge in [-0.15, -0.1) is 59.7 Å². The van der Waals surface area contributed by atoms with E-state index in [0.29, 0.717) is 5.92 Å². The van der Waals surface area contributed by atoms with Crippen LogP contribution < -0.4 is 5.19 Å². The minimum Gasteiger partial charge on any atom is -0.305 e.